The van der Waals surface area contributed by atoms with Crippen LogP contribution in [0.5, 0.6) is 5.75 Å². The summed E-state index contributed by atoms with van der Waals surface area (Å²) in [6.45, 7) is 5.45. The third-order valence-corrected chi connectivity index (χ3v) is 4.84. The maximum Gasteiger partial charge on any atom is 0.340 e. The summed E-state index contributed by atoms with van der Waals surface area (Å²) < 4.78 is 10.7. The topological polar surface area (TPSA) is 81.7 Å². The van der Waals surface area contributed by atoms with Gasteiger partial charge in [0.1, 0.15) is 11.5 Å². The highest BCUT2D eigenvalue weighted by Crippen LogP contribution is 2.24. The summed E-state index contributed by atoms with van der Waals surface area (Å²) >= 11 is 1.26. The van der Waals surface area contributed by atoms with Gasteiger partial charge >= 0.3 is 5.97 Å². The second-order valence-electron chi connectivity index (χ2n) is 5.98. The van der Waals surface area contributed by atoms with Crippen LogP contribution in [-0.4, -0.2) is 36.1 Å². The summed E-state index contributed by atoms with van der Waals surface area (Å²) in [6.07, 6.45) is -0.982. The molecule has 2 aromatic rings. The van der Waals surface area contributed by atoms with Gasteiger partial charge < -0.3 is 14.8 Å². The van der Waals surface area contributed by atoms with E-state index in [1.54, 1.807) is 48.5 Å². The number of esters is 1. The van der Waals surface area contributed by atoms with Crippen molar-refractivity contribution in [3.63, 3.8) is 0 Å². The van der Waals surface area contributed by atoms with Crippen molar-refractivity contribution in [3.05, 3.63) is 54.1 Å². The Morgan fingerprint density at radius 1 is 1.07 bits per heavy atom. The minimum Gasteiger partial charge on any atom is -0.494 e. The first kappa shape index (κ1) is 21.5. The predicted octanol–water partition coefficient (Wildman–Crippen LogP) is 3.95. The fraction of sp³-hybridized carbons (Fsp3) is 0.286. The van der Waals surface area contributed by atoms with Gasteiger partial charge in [-0.05, 0) is 57.2 Å². The molecule has 0 saturated carbocycles. The number of Topliss-reactive ketones (excluding diaryl/α,β-unsaturated/α-hetero) is 1. The van der Waals surface area contributed by atoms with Gasteiger partial charge in [-0.25, -0.2) is 4.79 Å². The van der Waals surface area contributed by atoms with Gasteiger partial charge in [-0.3, -0.25) is 9.59 Å². The van der Waals surface area contributed by atoms with E-state index in [9.17, 15) is 14.4 Å². The van der Waals surface area contributed by atoms with Crippen LogP contribution in [0.25, 0.3) is 0 Å². The maximum absolute atomic E-state index is 12.5. The Morgan fingerprint density at radius 3 is 2.39 bits per heavy atom. The highest BCUT2D eigenvalue weighted by atomic mass is 32.2. The SMILES string of the molecule is CCOc1ccc(NC(=O)[C@@H](C)OC(=O)c2ccccc2SCC(C)=O)cc1. The van der Waals surface area contributed by atoms with Crippen LogP contribution in [0.3, 0.4) is 0 Å². The molecule has 148 valence electrons. The molecule has 1 amide bonds. The minimum absolute atomic E-state index is 0.0104. The number of carbonyl (C=O) groups excluding carboxylic acids is 3. The van der Waals surface area contributed by atoms with Crippen LogP contribution in [-0.2, 0) is 14.3 Å². The van der Waals surface area contributed by atoms with Crippen molar-refractivity contribution >= 4 is 35.1 Å². The molecule has 0 saturated heterocycles. The second kappa shape index (κ2) is 10.5. The van der Waals surface area contributed by atoms with Crippen LogP contribution in [0, 0.1) is 0 Å². The highest BCUT2D eigenvalue weighted by molar-refractivity contribution is 8.00. The first-order chi connectivity index (χ1) is 13.4. The molecule has 0 heterocycles. The molecule has 0 fully saturated rings. The molecule has 28 heavy (non-hydrogen) atoms. The summed E-state index contributed by atoms with van der Waals surface area (Å²) in [5.74, 6) is -0.0683. The summed E-state index contributed by atoms with van der Waals surface area (Å²) in [5, 5.41) is 2.70. The van der Waals surface area contributed by atoms with E-state index in [0.717, 1.165) is 0 Å². The number of benzene rings is 2. The van der Waals surface area contributed by atoms with Crippen molar-refractivity contribution in [2.45, 2.75) is 31.8 Å². The number of hydrogen-bond acceptors (Lipinski definition) is 6. The van der Waals surface area contributed by atoms with E-state index in [1.807, 2.05) is 6.92 Å². The number of anilines is 1. The smallest absolute Gasteiger partial charge is 0.340 e. The van der Waals surface area contributed by atoms with Crippen molar-refractivity contribution in [3.8, 4) is 5.75 Å². The van der Waals surface area contributed by atoms with Gasteiger partial charge in [0.05, 0.1) is 17.9 Å². The molecule has 7 heteroatoms. The van der Waals surface area contributed by atoms with Crippen LogP contribution in [0.2, 0.25) is 0 Å². The number of amides is 1. The first-order valence-electron chi connectivity index (χ1n) is 8.86. The molecule has 0 aliphatic heterocycles. The van der Waals surface area contributed by atoms with Crippen LogP contribution >= 0.6 is 11.8 Å². The van der Waals surface area contributed by atoms with Gasteiger partial charge in [0, 0.05) is 10.6 Å². The normalized spacial score (nSPS) is 11.4. The van der Waals surface area contributed by atoms with Crippen molar-refractivity contribution in [1.29, 1.82) is 0 Å². The van der Waals surface area contributed by atoms with Gasteiger partial charge in [0.2, 0.25) is 0 Å². The van der Waals surface area contributed by atoms with Crippen LogP contribution in [0.4, 0.5) is 5.69 Å². The zero-order valence-electron chi connectivity index (χ0n) is 16.1. The largest absolute Gasteiger partial charge is 0.494 e. The van der Waals surface area contributed by atoms with Gasteiger partial charge in [0.25, 0.3) is 5.91 Å². The van der Waals surface area contributed by atoms with Crippen molar-refractivity contribution in [2.24, 2.45) is 0 Å². The summed E-state index contributed by atoms with van der Waals surface area (Å²) in [7, 11) is 0. The first-order valence-corrected chi connectivity index (χ1v) is 9.85. The van der Waals surface area contributed by atoms with Gasteiger partial charge in [0.15, 0.2) is 6.10 Å². The molecule has 2 aromatic carbocycles. The molecule has 0 bridgehead atoms. The van der Waals surface area contributed by atoms with Crippen LogP contribution in [0.1, 0.15) is 31.1 Å². The fourth-order valence-corrected chi connectivity index (χ4v) is 3.10. The Kier molecular flexibility index (Phi) is 8.07. The fourth-order valence-electron chi connectivity index (χ4n) is 2.26. The average molecular weight is 401 g/mol. The van der Waals surface area contributed by atoms with E-state index in [-0.39, 0.29) is 11.5 Å². The predicted molar refractivity (Wildman–Crippen MR) is 109 cm³/mol. The van der Waals surface area contributed by atoms with Crippen LogP contribution in [0.15, 0.2) is 53.4 Å². The minimum atomic E-state index is -0.982. The van der Waals surface area contributed by atoms with Gasteiger partial charge in [-0.1, -0.05) is 12.1 Å². The monoisotopic (exact) mass is 401 g/mol. The van der Waals surface area contributed by atoms with E-state index in [0.29, 0.717) is 28.5 Å². The maximum atomic E-state index is 12.5. The molecule has 0 aromatic heterocycles. The molecule has 1 N–H and O–H groups in total. The summed E-state index contributed by atoms with van der Waals surface area (Å²) in [4.78, 5) is 36.6. The number of rotatable bonds is 9. The second-order valence-corrected chi connectivity index (χ2v) is 7.00. The molecular formula is C21H23NO5S. The van der Waals surface area contributed by atoms with E-state index in [1.165, 1.54) is 25.6 Å². The molecular weight excluding hydrogens is 378 g/mol. The van der Waals surface area contributed by atoms with Crippen LogP contribution < -0.4 is 10.1 Å². The Balaban J connectivity index is 1.98. The Hall–Kier alpha value is -2.80. The lowest BCUT2D eigenvalue weighted by atomic mass is 10.2. The molecule has 6 nitrogen and oxygen atoms in total. The molecule has 0 unspecified atom stereocenters. The number of hydrogen-bond donors (Lipinski definition) is 1. The molecule has 0 spiro atoms. The number of carbonyl (C=O) groups is 3. The van der Waals surface area contributed by atoms with Crippen molar-refractivity contribution in [2.75, 3.05) is 17.7 Å². The van der Waals surface area contributed by atoms with E-state index >= 15 is 0 Å². The summed E-state index contributed by atoms with van der Waals surface area (Å²) in [6, 6.07) is 13.8. The zero-order valence-corrected chi connectivity index (χ0v) is 16.9. The number of nitrogens with one attached hydrogen (secondary N) is 1. The van der Waals surface area contributed by atoms with Crippen molar-refractivity contribution in [1.82, 2.24) is 0 Å². The third-order valence-electron chi connectivity index (χ3n) is 3.62. The molecule has 0 aliphatic rings. The molecule has 0 radical (unpaired) electrons. The highest BCUT2D eigenvalue weighted by Gasteiger charge is 2.21. The average Bonchev–Trinajstić information content (AvgIpc) is 2.68. The Bertz CT molecular complexity index is 835. The van der Waals surface area contributed by atoms with Gasteiger partial charge in [-0.15, -0.1) is 11.8 Å². The number of ketones is 1. The third kappa shape index (κ3) is 6.42. The Morgan fingerprint density at radius 2 is 1.75 bits per heavy atom. The van der Waals surface area contributed by atoms with E-state index < -0.39 is 18.0 Å². The number of thioether (sulfide) groups is 1. The lowest BCUT2D eigenvalue weighted by Crippen LogP contribution is -2.30. The van der Waals surface area contributed by atoms with Gasteiger partial charge in [-0.2, -0.15) is 0 Å². The molecule has 0 aliphatic carbocycles. The molecule has 1 atom stereocenters. The van der Waals surface area contributed by atoms with E-state index in [2.05, 4.69) is 5.32 Å². The summed E-state index contributed by atoms with van der Waals surface area (Å²) in [5.41, 5.74) is 0.906. The number of ether oxygens (including phenoxy) is 2. The lowest BCUT2D eigenvalue weighted by molar-refractivity contribution is -0.123. The quantitative estimate of drug-likeness (QED) is 0.506. The molecule has 2 rings (SSSR count). The Labute approximate surface area is 168 Å². The standard InChI is InChI=1S/C21H23NO5S/c1-4-26-17-11-9-16(10-12-17)22-20(24)15(3)27-21(25)18-7-5-6-8-19(18)28-13-14(2)23/h5-12,15H,4,13H2,1-3H3,(H,22,24)/t15-/m1/s1. The van der Waals surface area contributed by atoms with E-state index in [4.69, 9.17) is 9.47 Å². The van der Waals surface area contributed by atoms with Crippen molar-refractivity contribution < 1.29 is 23.9 Å². The zero-order chi connectivity index (χ0) is 20.5. The lowest BCUT2D eigenvalue weighted by Gasteiger charge is -2.15.